The summed E-state index contributed by atoms with van der Waals surface area (Å²) in [6.07, 6.45) is 11.4. The predicted molar refractivity (Wildman–Crippen MR) is 71.1 cm³/mol. The first-order valence-electron chi connectivity index (χ1n) is 6.38. The molecule has 0 unspecified atom stereocenters. The maximum absolute atomic E-state index is 2.34. The Balaban J connectivity index is 3.37. The highest BCUT2D eigenvalue weighted by Gasteiger charge is 2.08. The first kappa shape index (κ1) is 14.7. The molecule has 0 aliphatic rings. The van der Waals surface area contributed by atoms with Crippen molar-refractivity contribution in [3.63, 3.8) is 0 Å². The Morgan fingerprint density at radius 3 is 1.87 bits per heavy atom. The first-order chi connectivity index (χ1) is 6.71. The zero-order valence-electron chi connectivity index (χ0n) is 11.7. The van der Waals surface area contributed by atoms with Crippen molar-refractivity contribution in [3.8, 4) is 0 Å². The molecule has 15 heavy (non-hydrogen) atoms. The molecule has 0 aliphatic carbocycles. The maximum Gasteiger partial charge on any atom is -0.0203 e. The van der Waals surface area contributed by atoms with Gasteiger partial charge in [-0.25, -0.2) is 0 Å². The molecule has 0 aromatic rings. The quantitative estimate of drug-likeness (QED) is 0.410. The minimum Gasteiger partial charge on any atom is -0.0880 e. The van der Waals surface area contributed by atoms with Crippen LogP contribution in [0.5, 0.6) is 0 Å². The van der Waals surface area contributed by atoms with Crippen LogP contribution in [0.3, 0.4) is 0 Å². The number of rotatable bonds is 5. The fourth-order valence-corrected chi connectivity index (χ4v) is 1.53. The van der Waals surface area contributed by atoms with E-state index in [9.17, 15) is 0 Å². The van der Waals surface area contributed by atoms with E-state index >= 15 is 0 Å². The highest BCUT2D eigenvalue weighted by molar-refractivity contribution is 4.91. The van der Waals surface area contributed by atoms with Crippen LogP contribution in [0, 0.1) is 10.8 Å². The highest BCUT2D eigenvalue weighted by Crippen LogP contribution is 2.22. The molecule has 0 bridgehead atoms. The summed E-state index contributed by atoms with van der Waals surface area (Å²) in [5, 5.41) is 0. The Kier molecular flexibility index (Phi) is 6.24. The molecule has 0 aromatic heterocycles. The molecule has 90 valence electrons. The average Bonchev–Trinajstić information content (AvgIpc) is 1.98. The standard InChI is InChI=1S/C15H30/c1-14(2,3)12-10-8-7-9-11-13-15(4,5)6/h10,12H,7-9,11,13H2,1-6H3/b12-10+. The molecule has 0 rings (SSSR count). The second-order valence-electron chi connectivity index (χ2n) is 6.93. The number of unbranched alkanes of at least 4 members (excludes halogenated alkanes) is 3. The van der Waals surface area contributed by atoms with E-state index < -0.39 is 0 Å². The summed E-state index contributed by atoms with van der Waals surface area (Å²) in [7, 11) is 0. The van der Waals surface area contributed by atoms with E-state index in [4.69, 9.17) is 0 Å². The van der Waals surface area contributed by atoms with Crippen molar-refractivity contribution in [1.29, 1.82) is 0 Å². The van der Waals surface area contributed by atoms with Crippen LogP contribution in [0.25, 0.3) is 0 Å². The second kappa shape index (κ2) is 6.35. The van der Waals surface area contributed by atoms with Gasteiger partial charge in [-0.05, 0) is 30.1 Å². The van der Waals surface area contributed by atoms with Crippen molar-refractivity contribution in [3.05, 3.63) is 12.2 Å². The van der Waals surface area contributed by atoms with Gasteiger partial charge < -0.3 is 0 Å². The minimum absolute atomic E-state index is 0.353. The lowest BCUT2D eigenvalue weighted by Gasteiger charge is -2.17. The van der Waals surface area contributed by atoms with Gasteiger partial charge in [0.1, 0.15) is 0 Å². The summed E-state index contributed by atoms with van der Waals surface area (Å²) in [6.45, 7) is 13.7. The molecule has 0 aromatic carbocycles. The van der Waals surface area contributed by atoms with Crippen molar-refractivity contribution < 1.29 is 0 Å². The Morgan fingerprint density at radius 2 is 1.40 bits per heavy atom. The normalized spacial score (nSPS) is 13.7. The molecule has 0 saturated carbocycles. The molecular formula is C15H30. The third-order valence-electron chi connectivity index (χ3n) is 2.42. The third kappa shape index (κ3) is 13.7. The highest BCUT2D eigenvalue weighted by atomic mass is 14.1. The van der Waals surface area contributed by atoms with Crippen molar-refractivity contribution in [2.75, 3.05) is 0 Å². The van der Waals surface area contributed by atoms with E-state index in [1.165, 1.54) is 32.1 Å². The molecule has 0 saturated heterocycles. The fraction of sp³-hybridized carbons (Fsp3) is 0.867. The van der Waals surface area contributed by atoms with Gasteiger partial charge in [0.25, 0.3) is 0 Å². The molecule has 0 atom stereocenters. The van der Waals surface area contributed by atoms with Gasteiger partial charge in [-0.3, -0.25) is 0 Å². The monoisotopic (exact) mass is 210 g/mol. The second-order valence-corrected chi connectivity index (χ2v) is 6.93. The van der Waals surface area contributed by atoms with E-state index in [1.807, 2.05) is 0 Å². The summed E-state index contributed by atoms with van der Waals surface area (Å²) in [4.78, 5) is 0. The molecule has 0 heterocycles. The summed E-state index contributed by atoms with van der Waals surface area (Å²) < 4.78 is 0. The molecule has 0 radical (unpaired) electrons. The topological polar surface area (TPSA) is 0 Å². The SMILES string of the molecule is CC(C)(C)/C=C/CCCCCC(C)(C)C. The molecule has 0 amide bonds. The van der Waals surface area contributed by atoms with Gasteiger partial charge in [0, 0.05) is 0 Å². The molecule has 0 heteroatoms. The van der Waals surface area contributed by atoms with Crippen LogP contribution >= 0.6 is 0 Å². The van der Waals surface area contributed by atoms with Crippen LogP contribution in [0.15, 0.2) is 12.2 Å². The molecular weight excluding hydrogens is 180 g/mol. The van der Waals surface area contributed by atoms with Crippen LogP contribution in [0.1, 0.15) is 73.6 Å². The van der Waals surface area contributed by atoms with Crippen molar-refractivity contribution in [1.82, 2.24) is 0 Å². The van der Waals surface area contributed by atoms with Gasteiger partial charge in [0.05, 0.1) is 0 Å². The Labute approximate surface area is 97.2 Å². The van der Waals surface area contributed by atoms with Gasteiger partial charge in [0.15, 0.2) is 0 Å². The van der Waals surface area contributed by atoms with Crippen molar-refractivity contribution in [2.45, 2.75) is 73.6 Å². The smallest absolute Gasteiger partial charge is 0.0203 e. The lowest BCUT2D eigenvalue weighted by molar-refractivity contribution is 0.358. The van der Waals surface area contributed by atoms with E-state index in [1.54, 1.807) is 0 Å². The van der Waals surface area contributed by atoms with Crippen LogP contribution in [-0.2, 0) is 0 Å². The van der Waals surface area contributed by atoms with Gasteiger partial charge in [-0.15, -0.1) is 0 Å². The minimum atomic E-state index is 0.353. The predicted octanol–water partition coefficient (Wildman–Crippen LogP) is 5.59. The molecule has 0 aliphatic heterocycles. The van der Waals surface area contributed by atoms with Crippen LogP contribution in [-0.4, -0.2) is 0 Å². The van der Waals surface area contributed by atoms with E-state index in [2.05, 4.69) is 53.7 Å². The van der Waals surface area contributed by atoms with Crippen molar-refractivity contribution in [2.24, 2.45) is 10.8 Å². The lowest BCUT2D eigenvalue weighted by Crippen LogP contribution is -2.03. The summed E-state index contributed by atoms with van der Waals surface area (Å²) >= 11 is 0. The van der Waals surface area contributed by atoms with E-state index in [-0.39, 0.29) is 0 Å². The Morgan fingerprint density at radius 1 is 0.800 bits per heavy atom. The summed E-state index contributed by atoms with van der Waals surface area (Å²) in [5.41, 5.74) is 0.868. The van der Waals surface area contributed by atoms with E-state index in [0.717, 1.165) is 0 Å². The number of allylic oxidation sites excluding steroid dienone is 2. The summed E-state index contributed by atoms with van der Waals surface area (Å²) in [6, 6.07) is 0. The summed E-state index contributed by atoms with van der Waals surface area (Å²) in [5.74, 6) is 0. The van der Waals surface area contributed by atoms with Crippen LogP contribution in [0.2, 0.25) is 0 Å². The zero-order chi connectivity index (χ0) is 11.9. The number of hydrogen-bond donors (Lipinski definition) is 0. The van der Waals surface area contributed by atoms with Gasteiger partial charge in [-0.1, -0.05) is 66.5 Å². The van der Waals surface area contributed by atoms with Crippen LogP contribution < -0.4 is 0 Å². The average molecular weight is 210 g/mol. The molecule has 0 nitrogen and oxygen atoms in total. The fourth-order valence-electron chi connectivity index (χ4n) is 1.53. The molecule has 0 fully saturated rings. The zero-order valence-corrected chi connectivity index (χ0v) is 11.7. The number of hydrogen-bond acceptors (Lipinski definition) is 0. The van der Waals surface area contributed by atoms with Crippen LogP contribution in [0.4, 0.5) is 0 Å². The Hall–Kier alpha value is -0.260. The van der Waals surface area contributed by atoms with Gasteiger partial charge >= 0.3 is 0 Å². The van der Waals surface area contributed by atoms with Gasteiger partial charge in [0.2, 0.25) is 0 Å². The third-order valence-corrected chi connectivity index (χ3v) is 2.42. The lowest BCUT2D eigenvalue weighted by atomic mass is 9.89. The molecule has 0 spiro atoms. The largest absolute Gasteiger partial charge is 0.0880 e. The van der Waals surface area contributed by atoms with Crippen molar-refractivity contribution >= 4 is 0 Å². The van der Waals surface area contributed by atoms with E-state index in [0.29, 0.717) is 10.8 Å². The Bertz CT molecular complexity index is 173. The molecule has 0 N–H and O–H groups in total. The van der Waals surface area contributed by atoms with Gasteiger partial charge in [-0.2, -0.15) is 0 Å². The maximum atomic E-state index is 2.34. The first-order valence-corrected chi connectivity index (χ1v) is 6.38.